The highest BCUT2D eigenvalue weighted by Gasteiger charge is 2.22. The summed E-state index contributed by atoms with van der Waals surface area (Å²) in [5.41, 5.74) is 2.84. The second kappa shape index (κ2) is 10.0. The Balaban J connectivity index is 1.14. The summed E-state index contributed by atoms with van der Waals surface area (Å²) in [7, 11) is 0. The summed E-state index contributed by atoms with van der Waals surface area (Å²) in [5.74, 6) is 0.717. The van der Waals surface area contributed by atoms with Crippen LogP contribution in [0.4, 0.5) is 0 Å². The molecule has 162 valence electrons. The van der Waals surface area contributed by atoms with Gasteiger partial charge in [-0.25, -0.2) is 0 Å². The lowest BCUT2D eigenvalue weighted by Crippen LogP contribution is -2.39. The predicted octanol–water partition coefficient (Wildman–Crippen LogP) is 4.26. The zero-order chi connectivity index (χ0) is 20.9. The Morgan fingerprint density at radius 1 is 1.20 bits per heavy atom. The quantitative estimate of drug-likeness (QED) is 0.618. The van der Waals surface area contributed by atoms with Crippen LogP contribution in [-0.2, 0) is 12.8 Å². The number of hydrogen-bond donors (Lipinski definition) is 2. The number of aromatic nitrogens is 2. The van der Waals surface area contributed by atoms with Crippen molar-refractivity contribution >= 4 is 29.1 Å². The Morgan fingerprint density at radius 3 is 2.80 bits per heavy atom. The number of nitrogens with zero attached hydrogens (tertiary/aromatic N) is 2. The van der Waals surface area contributed by atoms with Gasteiger partial charge < -0.3 is 15.0 Å². The zero-order valence-corrected chi connectivity index (χ0v) is 18.6. The van der Waals surface area contributed by atoms with E-state index in [4.69, 9.17) is 27.9 Å². The van der Waals surface area contributed by atoms with Gasteiger partial charge in [0.25, 0.3) is 5.91 Å². The molecule has 2 aromatic rings. The number of carbonyl (C=O) groups excluding carboxylic acids is 1. The van der Waals surface area contributed by atoms with Gasteiger partial charge in [-0.3, -0.25) is 9.89 Å². The number of halogens is 2. The molecular weight excluding hydrogens is 423 g/mol. The molecule has 0 unspecified atom stereocenters. The molecule has 1 aromatic carbocycles. The SMILES string of the molecule is O=C(NCCCN1CCC(Oc2ccc(Cl)c(Cl)c2)CC1)c1n[nH]c2c1CCCC2. The standard InChI is InChI=1S/C22H28Cl2N4O2/c23-18-7-6-16(14-19(18)24)30-15-8-12-28(13-9-15)11-3-10-25-22(29)21-17-4-1-2-5-20(17)26-27-21/h6-7,14-15H,1-5,8-13H2,(H,25,29)(H,26,27). The maximum atomic E-state index is 12.4. The van der Waals surface area contributed by atoms with Crippen LogP contribution in [0, 0.1) is 0 Å². The third-order valence-corrected chi connectivity index (χ3v) is 6.68. The molecule has 6 nitrogen and oxygen atoms in total. The Morgan fingerprint density at radius 2 is 2.00 bits per heavy atom. The van der Waals surface area contributed by atoms with E-state index in [0.29, 0.717) is 22.3 Å². The molecule has 2 heterocycles. The maximum Gasteiger partial charge on any atom is 0.272 e. The number of aryl methyl sites for hydroxylation is 1. The number of benzene rings is 1. The van der Waals surface area contributed by atoms with Crippen LogP contribution < -0.4 is 10.1 Å². The molecule has 0 spiro atoms. The van der Waals surface area contributed by atoms with Gasteiger partial charge in [-0.2, -0.15) is 5.10 Å². The van der Waals surface area contributed by atoms with E-state index in [1.165, 1.54) is 6.42 Å². The van der Waals surface area contributed by atoms with Crippen molar-refractivity contribution in [2.24, 2.45) is 0 Å². The summed E-state index contributed by atoms with van der Waals surface area (Å²) in [6.45, 7) is 3.62. The van der Waals surface area contributed by atoms with Gasteiger partial charge in [0.15, 0.2) is 5.69 Å². The molecule has 30 heavy (non-hydrogen) atoms. The third-order valence-electron chi connectivity index (χ3n) is 5.94. The van der Waals surface area contributed by atoms with E-state index in [-0.39, 0.29) is 12.0 Å². The van der Waals surface area contributed by atoms with Gasteiger partial charge in [-0.1, -0.05) is 23.2 Å². The van der Waals surface area contributed by atoms with Crippen molar-refractivity contribution in [3.05, 3.63) is 45.2 Å². The summed E-state index contributed by atoms with van der Waals surface area (Å²) in [5, 5.41) is 11.4. The zero-order valence-electron chi connectivity index (χ0n) is 17.1. The Kier molecular flexibility index (Phi) is 7.18. The summed E-state index contributed by atoms with van der Waals surface area (Å²) in [6, 6.07) is 5.40. The molecule has 0 radical (unpaired) electrons. The van der Waals surface area contributed by atoms with E-state index in [1.807, 2.05) is 6.07 Å². The van der Waals surface area contributed by atoms with Crippen molar-refractivity contribution in [1.29, 1.82) is 0 Å². The number of hydrogen-bond acceptors (Lipinski definition) is 4. The Labute approximate surface area is 187 Å². The van der Waals surface area contributed by atoms with Crippen LogP contribution in [0.3, 0.4) is 0 Å². The highest BCUT2D eigenvalue weighted by molar-refractivity contribution is 6.42. The highest BCUT2D eigenvalue weighted by Crippen LogP contribution is 2.28. The van der Waals surface area contributed by atoms with Gasteiger partial charge in [0, 0.05) is 37.0 Å². The monoisotopic (exact) mass is 450 g/mol. The first kappa shape index (κ1) is 21.5. The number of likely N-dealkylation sites (tertiary alicyclic amines) is 1. The van der Waals surface area contributed by atoms with Gasteiger partial charge in [0.1, 0.15) is 11.9 Å². The van der Waals surface area contributed by atoms with Crippen LogP contribution in [0.25, 0.3) is 0 Å². The lowest BCUT2D eigenvalue weighted by atomic mass is 9.96. The van der Waals surface area contributed by atoms with E-state index >= 15 is 0 Å². The first-order valence-electron chi connectivity index (χ1n) is 10.8. The molecule has 1 aliphatic heterocycles. The molecule has 0 bridgehead atoms. The number of amides is 1. The number of nitrogens with one attached hydrogen (secondary N) is 2. The van der Waals surface area contributed by atoms with Crippen LogP contribution in [0.1, 0.15) is 53.8 Å². The first-order chi connectivity index (χ1) is 14.6. The fourth-order valence-electron chi connectivity index (χ4n) is 4.25. The molecule has 4 rings (SSSR count). The molecule has 2 N–H and O–H groups in total. The van der Waals surface area contributed by atoms with E-state index in [1.54, 1.807) is 12.1 Å². The number of H-pyrrole nitrogens is 1. The molecule has 1 fully saturated rings. The number of fused-ring (bicyclic) bond motifs is 1. The van der Waals surface area contributed by atoms with Crippen LogP contribution in [-0.4, -0.2) is 53.3 Å². The van der Waals surface area contributed by atoms with Gasteiger partial charge in [-0.15, -0.1) is 0 Å². The maximum absolute atomic E-state index is 12.4. The van der Waals surface area contributed by atoms with E-state index in [2.05, 4.69) is 20.4 Å². The minimum Gasteiger partial charge on any atom is -0.490 e. The van der Waals surface area contributed by atoms with Crippen molar-refractivity contribution in [2.45, 2.75) is 51.0 Å². The largest absolute Gasteiger partial charge is 0.490 e. The molecule has 1 aromatic heterocycles. The van der Waals surface area contributed by atoms with E-state index in [9.17, 15) is 4.79 Å². The second-order valence-corrected chi connectivity index (χ2v) is 8.90. The van der Waals surface area contributed by atoms with Gasteiger partial charge in [0.05, 0.1) is 10.0 Å². The summed E-state index contributed by atoms with van der Waals surface area (Å²) in [6.07, 6.45) is 7.34. The summed E-state index contributed by atoms with van der Waals surface area (Å²) < 4.78 is 6.05. The van der Waals surface area contributed by atoms with Crippen molar-refractivity contribution < 1.29 is 9.53 Å². The third kappa shape index (κ3) is 5.29. The van der Waals surface area contributed by atoms with Crippen molar-refractivity contribution in [2.75, 3.05) is 26.2 Å². The second-order valence-electron chi connectivity index (χ2n) is 8.08. The van der Waals surface area contributed by atoms with Crippen molar-refractivity contribution in [3.8, 4) is 5.75 Å². The fourth-order valence-corrected chi connectivity index (χ4v) is 4.54. The summed E-state index contributed by atoms with van der Waals surface area (Å²) in [4.78, 5) is 14.9. The lowest BCUT2D eigenvalue weighted by molar-refractivity contribution is 0.0930. The van der Waals surface area contributed by atoms with Crippen LogP contribution in [0.2, 0.25) is 10.0 Å². The Hall–Kier alpha value is -1.76. The Bertz CT molecular complexity index is 878. The molecule has 1 saturated heterocycles. The van der Waals surface area contributed by atoms with Crippen molar-refractivity contribution in [1.82, 2.24) is 20.4 Å². The van der Waals surface area contributed by atoms with Crippen LogP contribution in [0.5, 0.6) is 5.75 Å². The fraction of sp³-hybridized carbons (Fsp3) is 0.545. The van der Waals surface area contributed by atoms with E-state index in [0.717, 1.165) is 75.2 Å². The van der Waals surface area contributed by atoms with Crippen LogP contribution >= 0.6 is 23.2 Å². The molecule has 1 aliphatic carbocycles. The molecular formula is C22H28Cl2N4O2. The highest BCUT2D eigenvalue weighted by atomic mass is 35.5. The predicted molar refractivity (Wildman–Crippen MR) is 119 cm³/mol. The number of rotatable bonds is 7. The average Bonchev–Trinajstić information content (AvgIpc) is 3.19. The van der Waals surface area contributed by atoms with Gasteiger partial charge in [0.2, 0.25) is 0 Å². The minimum atomic E-state index is -0.0527. The normalized spacial score (nSPS) is 17.5. The first-order valence-corrected chi connectivity index (χ1v) is 11.5. The number of piperidine rings is 1. The molecule has 1 amide bonds. The molecule has 0 saturated carbocycles. The average molecular weight is 451 g/mol. The van der Waals surface area contributed by atoms with Gasteiger partial charge >= 0.3 is 0 Å². The van der Waals surface area contributed by atoms with Crippen molar-refractivity contribution in [3.63, 3.8) is 0 Å². The molecule has 2 aliphatic rings. The molecule has 8 heteroatoms. The van der Waals surface area contributed by atoms with E-state index < -0.39 is 0 Å². The topological polar surface area (TPSA) is 70.2 Å². The minimum absolute atomic E-state index is 0.0527. The summed E-state index contributed by atoms with van der Waals surface area (Å²) >= 11 is 12.0. The smallest absolute Gasteiger partial charge is 0.272 e. The molecule has 0 atom stereocenters. The van der Waals surface area contributed by atoms with Gasteiger partial charge in [-0.05, 0) is 63.6 Å². The number of aromatic amines is 1. The lowest BCUT2D eigenvalue weighted by Gasteiger charge is -2.32. The number of ether oxygens (including phenoxy) is 1. The number of carbonyl (C=O) groups is 1. The van der Waals surface area contributed by atoms with Crippen LogP contribution in [0.15, 0.2) is 18.2 Å².